The number of rotatable bonds is 6. The van der Waals surface area contributed by atoms with Gasteiger partial charge in [-0.2, -0.15) is 10.4 Å². The number of aryl methyl sites for hydroxylation is 1. The van der Waals surface area contributed by atoms with Gasteiger partial charge >= 0.3 is 0 Å². The lowest BCUT2D eigenvalue weighted by molar-refractivity contribution is 0.564. The number of hydrogen-bond acceptors (Lipinski definition) is 4. The fraction of sp³-hybridized carbons (Fsp3) is 0.286. The van der Waals surface area contributed by atoms with Gasteiger partial charge in [-0.1, -0.05) is 0 Å². The third kappa shape index (κ3) is 3.77. The van der Waals surface area contributed by atoms with Crippen molar-refractivity contribution in [3.05, 3.63) is 46.7 Å². The number of hydrogen-bond donors (Lipinski definition) is 3. The first-order valence-corrected chi connectivity index (χ1v) is 6.49. The number of aromatic amines is 1. The van der Waals surface area contributed by atoms with Crippen LogP contribution in [0.15, 0.2) is 18.2 Å². The second-order valence-electron chi connectivity index (χ2n) is 4.59. The van der Waals surface area contributed by atoms with Crippen molar-refractivity contribution in [1.82, 2.24) is 15.5 Å². The van der Waals surface area contributed by atoms with E-state index in [1.54, 1.807) is 0 Å². The molecule has 110 valence electrons. The Morgan fingerprint density at radius 1 is 1.38 bits per heavy atom. The summed E-state index contributed by atoms with van der Waals surface area (Å²) in [5.74, 6) is -0.695. The van der Waals surface area contributed by atoms with E-state index in [1.165, 1.54) is 6.07 Å². The van der Waals surface area contributed by atoms with Gasteiger partial charge in [0.25, 0.3) is 0 Å². The minimum Gasteiger partial charge on any atom is -0.381 e. The molecular formula is C14H15F2N5. The molecule has 2 aromatic rings. The normalized spacial score (nSPS) is 10.5. The zero-order valence-corrected chi connectivity index (χ0v) is 11.3. The molecule has 1 heterocycles. The molecule has 0 fully saturated rings. The molecule has 0 spiro atoms. The topological polar surface area (TPSA) is 90.5 Å². The summed E-state index contributed by atoms with van der Waals surface area (Å²) in [7, 11) is 0. The molecule has 0 saturated heterocycles. The quantitative estimate of drug-likeness (QED) is 0.709. The van der Waals surface area contributed by atoms with E-state index in [0.29, 0.717) is 36.2 Å². The van der Waals surface area contributed by atoms with Crippen molar-refractivity contribution in [2.24, 2.45) is 0 Å². The van der Waals surface area contributed by atoms with Gasteiger partial charge in [0, 0.05) is 12.1 Å². The van der Waals surface area contributed by atoms with Crippen LogP contribution in [-0.4, -0.2) is 16.7 Å². The minimum absolute atomic E-state index is 0.197. The van der Waals surface area contributed by atoms with E-state index in [1.807, 2.05) is 6.07 Å². The Kier molecular flexibility index (Phi) is 4.85. The number of nitrogen functional groups attached to an aromatic ring is 1. The maximum atomic E-state index is 13.4. The summed E-state index contributed by atoms with van der Waals surface area (Å²) in [6.07, 6.45) is 1.32. The molecule has 0 atom stereocenters. The molecule has 0 bridgehead atoms. The maximum Gasteiger partial charge on any atom is 0.163 e. The van der Waals surface area contributed by atoms with Crippen LogP contribution in [0.5, 0.6) is 0 Å². The van der Waals surface area contributed by atoms with Gasteiger partial charge in [-0.15, -0.1) is 0 Å². The molecule has 0 aliphatic rings. The molecule has 4 N–H and O–H groups in total. The van der Waals surface area contributed by atoms with Gasteiger partial charge in [0.2, 0.25) is 0 Å². The smallest absolute Gasteiger partial charge is 0.163 e. The number of H-pyrrole nitrogens is 1. The van der Waals surface area contributed by atoms with Crippen LogP contribution in [0.2, 0.25) is 0 Å². The van der Waals surface area contributed by atoms with Crippen LogP contribution >= 0.6 is 0 Å². The Labute approximate surface area is 120 Å². The van der Waals surface area contributed by atoms with Crippen molar-refractivity contribution >= 4 is 5.82 Å². The minimum atomic E-state index is -0.459. The van der Waals surface area contributed by atoms with Gasteiger partial charge in [0.05, 0.1) is 5.69 Å². The molecule has 21 heavy (non-hydrogen) atoms. The first-order chi connectivity index (χ1) is 10.1. The van der Waals surface area contributed by atoms with E-state index in [9.17, 15) is 8.78 Å². The summed E-state index contributed by atoms with van der Waals surface area (Å²) in [5.41, 5.74) is 6.88. The molecule has 7 heteroatoms. The number of benzene rings is 1. The number of nitrogens with two attached hydrogens (primary N) is 1. The van der Waals surface area contributed by atoms with E-state index in [-0.39, 0.29) is 12.4 Å². The van der Waals surface area contributed by atoms with Gasteiger partial charge in [-0.3, -0.25) is 5.10 Å². The highest BCUT2D eigenvalue weighted by Crippen LogP contribution is 2.13. The molecule has 0 amide bonds. The van der Waals surface area contributed by atoms with Gasteiger partial charge in [0.15, 0.2) is 5.82 Å². The largest absolute Gasteiger partial charge is 0.381 e. The molecule has 2 rings (SSSR count). The highest BCUT2D eigenvalue weighted by molar-refractivity contribution is 5.50. The third-order valence-corrected chi connectivity index (χ3v) is 3.08. The standard InChI is InChI=1S/C14H15F2N5/c15-10-3-4-12(16)9(6-10)8-19-5-1-2-13-11(7-17)14(18)21-20-13/h3-4,6,19H,1-2,5,8H2,(H3,18,20,21). The Hall–Kier alpha value is -2.46. The molecule has 0 radical (unpaired) electrons. The van der Waals surface area contributed by atoms with Crippen molar-refractivity contribution < 1.29 is 8.78 Å². The fourth-order valence-electron chi connectivity index (χ4n) is 1.99. The number of nitriles is 1. The number of anilines is 1. The Bertz CT molecular complexity index is 656. The van der Waals surface area contributed by atoms with E-state index >= 15 is 0 Å². The van der Waals surface area contributed by atoms with Crippen LogP contribution in [-0.2, 0) is 13.0 Å². The average Bonchev–Trinajstić information content (AvgIpc) is 2.82. The SMILES string of the molecule is N#Cc1c(N)n[nH]c1CCCNCc1cc(F)ccc1F. The zero-order chi connectivity index (χ0) is 15.2. The lowest BCUT2D eigenvalue weighted by Crippen LogP contribution is -2.16. The lowest BCUT2D eigenvalue weighted by atomic mass is 10.1. The Morgan fingerprint density at radius 2 is 2.19 bits per heavy atom. The summed E-state index contributed by atoms with van der Waals surface area (Å²) >= 11 is 0. The molecule has 0 aliphatic carbocycles. The lowest BCUT2D eigenvalue weighted by Gasteiger charge is -2.06. The molecule has 0 unspecified atom stereocenters. The summed E-state index contributed by atoms with van der Waals surface area (Å²) in [6, 6.07) is 5.36. The Balaban J connectivity index is 1.78. The van der Waals surface area contributed by atoms with Crippen LogP contribution in [0, 0.1) is 23.0 Å². The number of aromatic nitrogens is 2. The highest BCUT2D eigenvalue weighted by atomic mass is 19.1. The number of nitrogens with zero attached hydrogens (tertiary/aromatic N) is 2. The molecule has 0 aliphatic heterocycles. The van der Waals surface area contributed by atoms with E-state index in [0.717, 1.165) is 12.1 Å². The molecule has 1 aromatic carbocycles. The van der Waals surface area contributed by atoms with E-state index < -0.39 is 11.6 Å². The maximum absolute atomic E-state index is 13.4. The fourth-order valence-corrected chi connectivity index (χ4v) is 1.99. The second-order valence-corrected chi connectivity index (χ2v) is 4.59. The average molecular weight is 291 g/mol. The Morgan fingerprint density at radius 3 is 2.95 bits per heavy atom. The molecular weight excluding hydrogens is 276 g/mol. The molecule has 1 aromatic heterocycles. The summed E-state index contributed by atoms with van der Waals surface area (Å²) in [5, 5.41) is 18.4. The van der Waals surface area contributed by atoms with Crippen LogP contribution in [0.1, 0.15) is 23.2 Å². The van der Waals surface area contributed by atoms with Crippen molar-refractivity contribution in [2.45, 2.75) is 19.4 Å². The van der Waals surface area contributed by atoms with Crippen LogP contribution in [0.3, 0.4) is 0 Å². The third-order valence-electron chi connectivity index (χ3n) is 3.08. The molecule has 0 saturated carbocycles. The van der Waals surface area contributed by atoms with Crippen molar-refractivity contribution in [3.63, 3.8) is 0 Å². The first-order valence-electron chi connectivity index (χ1n) is 6.49. The van der Waals surface area contributed by atoms with Crippen LogP contribution < -0.4 is 11.1 Å². The number of nitrogens with one attached hydrogen (secondary N) is 2. The zero-order valence-electron chi connectivity index (χ0n) is 11.3. The highest BCUT2D eigenvalue weighted by Gasteiger charge is 2.09. The number of halogens is 2. The van der Waals surface area contributed by atoms with Crippen LogP contribution in [0.25, 0.3) is 0 Å². The summed E-state index contributed by atoms with van der Waals surface area (Å²) in [6.45, 7) is 0.847. The second kappa shape index (κ2) is 6.81. The van der Waals surface area contributed by atoms with Crippen molar-refractivity contribution in [3.8, 4) is 6.07 Å². The van der Waals surface area contributed by atoms with Gasteiger partial charge < -0.3 is 11.1 Å². The van der Waals surface area contributed by atoms with Gasteiger partial charge in [-0.05, 0) is 37.6 Å². The summed E-state index contributed by atoms with van der Waals surface area (Å²) in [4.78, 5) is 0. The van der Waals surface area contributed by atoms with E-state index in [4.69, 9.17) is 11.0 Å². The van der Waals surface area contributed by atoms with Crippen LogP contribution in [0.4, 0.5) is 14.6 Å². The predicted molar refractivity (Wildman–Crippen MR) is 74.1 cm³/mol. The summed E-state index contributed by atoms with van der Waals surface area (Å²) < 4.78 is 26.4. The predicted octanol–water partition coefficient (Wildman–Crippen LogP) is 1.86. The van der Waals surface area contributed by atoms with Gasteiger partial charge in [-0.25, -0.2) is 8.78 Å². The molecule has 5 nitrogen and oxygen atoms in total. The first kappa shape index (κ1) is 14.9. The monoisotopic (exact) mass is 291 g/mol. The van der Waals surface area contributed by atoms with Crippen molar-refractivity contribution in [2.75, 3.05) is 12.3 Å². The van der Waals surface area contributed by atoms with Gasteiger partial charge in [0.1, 0.15) is 23.3 Å². The van der Waals surface area contributed by atoms with Crippen molar-refractivity contribution in [1.29, 1.82) is 5.26 Å². The van der Waals surface area contributed by atoms with E-state index in [2.05, 4.69) is 15.5 Å².